The van der Waals surface area contributed by atoms with Crippen LogP contribution in [-0.2, 0) is 9.47 Å². The summed E-state index contributed by atoms with van der Waals surface area (Å²) in [6.45, 7) is 1.94. The molecule has 1 fully saturated rings. The summed E-state index contributed by atoms with van der Waals surface area (Å²) in [5, 5.41) is 7.16. The van der Waals surface area contributed by atoms with Gasteiger partial charge in [-0.2, -0.15) is 5.11 Å². The first kappa shape index (κ1) is 14.4. The van der Waals surface area contributed by atoms with Crippen molar-refractivity contribution in [1.82, 2.24) is 9.55 Å². The number of nitrogens with zero attached hydrogens (tertiary/aromatic N) is 3. The Bertz CT molecular complexity index is 608. The topological polar surface area (TPSA) is 124 Å². The molecule has 9 nitrogen and oxygen atoms in total. The maximum absolute atomic E-state index is 11.8. The summed E-state index contributed by atoms with van der Waals surface area (Å²) in [4.78, 5) is 25.4. The van der Waals surface area contributed by atoms with Gasteiger partial charge >= 0.3 is 5.69 Å². The second-order valence-corrected chi connectivity index (χ2v) is 4.60. The van der Waals surface area contributed by atoms with E-state index in [0.717, 1.165) is 0 Å². The Kier molecular flexibility index (Phi) is 4.30. The number of methoxy groups -OCH3 is 1. The number of H-pyrrole nitrogens is 1. The molecule has 1 unspecified atom stereocenters. The number of ether oxygens (including phenoxy) is 2. The van der Waals surface area contributed by atoms with Crippen LogP contribution in [-0.4, -0.2) is 35.4 Å². The average molecular weight is 283 g/mol. The molecule has 1 aromatic heterocycles. The molecular formula is C11H17N5O4. The molecule has 0 spiro atoms. The maximum Gasteiger partial charge on any atom is 0.330 e. The molecule has 1 aliphatic heterocycles. The van der Waals surface area contributed by atoms with Gasteiger partial charge in [0, 0.05) is 25.3 Å². The van der Waals surface area contributed by atoms with Gasteiger partial charge in [-0.15, -0.1) is 0 Å². The summed E-state index contributed by atoms with van der Waals surface area (Å²) >= 11 is 0. The highest BCUT2D eigenvalue weighted by Gasteiger charge is 2.37. The van der Waals surface area contributed by atoms with Crippen molar-refractivity contribution in [2.75, 3.05) is 13.7 Å². The molecule has 110 valence electrons. The van der Waals surface area contributed by atoms with Gasteiger partial charge in [-0.3, -0.25) is 14.3 Å². The zero-order valence-electron chi connectivity index (χ0n) is 11.3. The number of nitrogens with two attached hydrogens (primary N) is 1. The fraction of sp³-hybridized carbons (Fsp3) is 0.636. The average Bonchev–Trinajstić information content (AvgIpc) is 2.78. The molecule has 0 aromatic carbocycles. The number of hydrogen-bond donors (Lipinski definition) is 2. The van der Waals surface area contributed by atoms with Crippen molar-refractivity contribution in [3.63, 3.8) is 0 Å². The lowest BCUT2D eigenvalue weighted by Crippen LogP contribution is -2.33. The molecule has 3 atom stereocenters. The smallest absolute Gasteiger partial charge is 0.330 e. The van der Waals surface area contributed by atoms with E-state index in [0.29, 0.717) is 18.6 Å². The molecule has 0 saturated carbocycles. The predicted molar refractivity (Wildman–Crippen MR) is 69.3 cm³/mol. The Morgan fingerprint density at radius 1 is 1.60 bits per heavy atom. The first-order valence-corrected chi connectivity index (χ1v) is 6.13. The molecule has 9 heteroatoms. The summed E-state index contributed by atoms with van der Waals surface area (Å²) in [5.74, 6) is 5.07. The summed E-state index contributed by atoms with van der Waals surface area (Å²) in [6.07, 6.45) is 1.03. The summed E-state index contributed by atoms with van der Waals surface area (Å²) in [6, 6.07) is -0.288. The van der Waals surface area contributed by atoms with Gasteiger partial charge in [0.25, 0.3) is 5.56 Å². The molecule has 0 radical (unpaired) electrons. The minimum absolute atomic E-state index is 0.288. The van der Waals surface area contributed by atoms with Gasteiger partial charge in [-0.25, -0.2) is 4.79 Å². The molecular weight excluding hydrogens is 266 g/mol. The molecule has 0 aliphatic carbocycles. The van der Waals surface area contributed by atoms with Crippen molar-refractivity contribution in [3.8, 4) is 0 Å². The Morgan fingerprint density at radius 3 is 3.00 bits per heavy atom. The van der Waals surface area contributed by atoms with Crippen molar-refractivity contribution in [3.05, 3.63) is 32.6 Å². The zero-order chi connectivity index (χ0) is 14.7. The first-order chi connectivity index (χ1) is 9.56. The van der Waals surface area contributed by atoms with Crippen LogP contribution in [0.2, 0.25) is 0 Å². The van der Waals surface area contributed by atoms with Crippen molar-refractivity contribution >= 4 is 0 Å². The van der Waals surface area contributed by atoms with Crippen LogP contribution in [0, 0.1) is 6.92 Å². The molecule has 2 heterocycles. The SMILES string of the molecule is COC[C@H]1O[C@@H](n2cc(C)c(=O)[nH]c2=O)CC1N=NN. The Hall–Kier alpha value is -2.00. The maximum atomic E-state index is 11.8. The molecule has 3 N–H and O–H groups in total. The van der Waals surface area contributed by atoms with Crippen molar-refractivity contribution in [1.29, 1.82) is 0 Å². The third kappa shape index (κ3) is 2.78. The van der Waals surface area contributed by atoms with E-state index in [2.05, 4.69) is 15.3 Å². The zero-order valence-corrected chi connectivity index (χ0v) is 11.3. The summed E-state index contributed by atoms with van der Waals surface area (Å²) in [5.41, 5.74) is -0.497. The fourth-order valence-electron chi connectivity index (χ4n) is 2.21. The second kappa shape index (κ2) is 5.97. The third-order valence-corrected chi connectivity index (χ3v) is 3.21. The van der Waals surface area contributed by atoms with Gasteiger partial charge in [-0.05, 0) is 6.92 Å². The van der Waals surface area contributed by atoms with E-state index in [1.54, 1.807) is 14.0 Å². The highest BCUT2D eigenvalue weighted by Crippen LogP contribution is 2.30. The van der Waals surface area contributed by atoms with E-state index in [9.17, 15) is 9.59 Å². The first-order valence-electron chi connectivity index (χ1n) is 6.13. The second-order valence-electron chi connectivity index (χ2n) is 4.60. The number of aryl methyl sites for hydroxylation is 1. The Morgan fingerprint density at radius 2 is 2.35 bits per heavy atom. The van der Waals surface area contributed by atoms with Crippen LogP contribution >= 0.6 is 0 Å². The number of aromatic nitrogens is 2. The molecule has 1 aromatic rings. The van der Waals surface area contributed by atoms with Crippen LogP contribution in [0.25, 0.3) is 0 Å². The number of aromatic amines is 1. The van der Waals surface area contributed by atoms with E-state index in [1.165, 1.54) is 10.8 Å². The van der Waals surface area contributed by atoms with Crippen molar-refractivity contribution in [2.45, 2.75) is 31.7 Å². The van der Waals surface area contributed by atoms with Gasteiger partial charge in [0.2, 0.25) is 0 Å². The molecule has 2 rings (SSSR count). The predicted octanol–water partition coefficient (Wildman–Crippen LogP) is -0.527. The van der Waals surface area contributed by atoms with E-state index in [-0.39, 0.29) is 12.1 Å². The van der Waals surface area contributed by atoms with Gasteiger partial charge in [-0.1, -0.05) is 5.22 Å². The molecule has 1 aliphatic rings. The lowest BCUT2D eigenvalue weighted by atomic mass is 10.1. The van der Waals surface area contributed by atoms with Gasteiger partial charge < -0.3 is 15.3 Å². The lowest BCUT2D eigenvalue weighted by molar-refractivity contribution is -0.0364. The highest BCUT2D eigenvalue weighted by atomic mass is 16.5. The molecule has 20 heavy (non-hydrogen) atoms. The molecule has 1 saturated heterocycles. The minimum atomic E-state index is -0.534. The minimum Gasteiger partial charge on any atom is -0.382 e. The summed E-state index contributed by atoms with van der Waals surface area (Å²) in [7, 11) is 1.55. The van der Waals surface area contributed by atoms with Gasteiger partial charge in [0.05, 0.1) is 6.61 Å². The van der Waals surface area contributed by atoms with Crippen LogP contribution in [0.1, 0.15) is 18.2 Å². The van der Waals surface area contributed by atoms with Crippen molar-refractivity contribution in [2.24, 2.45) is 16.2 Å². The lowest BCUT2D eigenvalue weighted by Gasteiger charge is -2.15. The number of hydrogen-bond acceptors (Lipinski definition) is 6. The Labute approximate surface area is 114 Å². The van der Waals surface area contributed by atoms with Crippen LogP contribution in [0.4, 0.5) is 0 Å². The van der Waals surface area contributed by atoms with Crippen LogP contribution in [0.3, 0.4) is 0 Å². The number of rotatable bonds is 4. The van der Waals surface area contributed by atoms with E-state index < -0.39 is 17.5 Å². The standard InChI is InChI=1S/C11H17N5O4/c1-6-4-16(11(18)13-10(6)17)9-3-7(14-15-12)8(20-9)5-19-2/h4,7-9H,3,5H2,1-2H3,(H2,12,14)(H,13,17,18)/t7?,8-,9-/m1/s1. The van der Waals surface area contributed by atoms with E-state index >= 15 is 0 Å². The van der Waals surface area contributed by atoms with Crippen LogP contribution in [0.15, 0.2) is 26.1 Å². The largest absolute Gasteiger partial charge is 0.382 e. The normalized spacial score (nSPS) is 26.4. The monoisotopic (exact) mass is 283 g/mol. The molecule has 0 bridgehead atoms. The van der Waals surface area contributed by atoms with Crippen molar-refractivity contribution < 1.29 is 9.47 Å². The van der Waals surface area contributed by atoms with E-state index in [4.69, 9.17) is 15.3 Å². The van der Waals surface area contributed by atoms with Gasteiger partial charge in [0.1, 0.15) is 18.4 Å². The number of nitrogens with one attached hydrogen (secondary N) is 1. The quantitative estimate of drug-likeness (QED) is 0.437. The molecule has 0 amide bonds. The Balaban J connectivity index is 2.29. The highest BCUT2D eigenvalue weighted by molar-refractivity contribution is 5.02. The van der Waals surface area contributed by atoms with E-state index in [1.807, 2.05) is 0 Å². The fourth-order valence-corrected chi connectivity index (χ4v) is 2.21. The third-order valence-electron chi connectivity index (χ3n) is 3.21. The summed E-state index contributed by atoms with van der Waals surface area (Å²) < 4.78 is 12.1. The van der Waals surface area contributed by atoms with Crippen LogP contribution in [0.5, 0.6) is 0 Å². The van der Waals surface area contributed by atoms with Crippen LogP contribution < -0.4 is 17.1 Å². The van der Waals surface area contributed by atoms with Gasteiger partial charge in [0.15, 0.2) is 0 Å².